The van der Waals surface area contributed by atoms with Crippen molar-refractivity contribution in [3.8, 4) is 0 Å². The Labute approximate surface area is 135 Å². The molecule has 1 fully saturated rings. The molecule has 3 N–H and O–H groups in total. The van der Waals surface area contributed by atoms with Crippen LogP contribution in [0, 0.1) is 0 Å². The van der Waals surface area contributed by atoms with Crippen LogP contribution in [0.3, 0.4) is 0 Å². The molecular weight excluding hydrogens is 294 g/mol. The Morgan fingerprint density at radius 2 is 2.45 bits per heavy atom. The number of thioether (sulfide) groups is 1. The minimum Gasteiger partial charge on any atom is -0.356 e. The standard InChI is InChI=1S/C16H23N5S/c1-17-16(21-11-13-4-3-9-22-13)19-8-6-12-10-20-15-14(12)5-2-7-18-15/h2,5,7,10,13H,3-4,6,8-9,11H2,1H3,(H,18,20)(H2,17,19,21). The molecule has 1 aliphatic heterocycles. The third-order valence-corrected chi connectivity index (χ3v) is 5.37. The van der Waals surface area contributed by atoms with Gasteiger partial charge in [0.15, 0.2) is 5.96 Å². The first-order valence-corrected chi connectivity index (χ1v) is 8.89. The van der Waals surface area contributed by atoms with Crippen molar-refractivity contribution in [2.24, 2.45) is 4.99 Å². The van der Waals surface area contributed by atoms with Gasteiger partial charge in [-0.05, 0) is 42.7 Å². The molecule has 1 unspecified atom stereocenters. The second-order valence-electron chi connectivity index (χ2n) is 5.48. The van der Waals surface area contributed by atoms with Crippen molar-refractivity contribution in [3.63, 3.8) is 0 Å². The number of nitrogens with one attached hydrogen (secondary N) is 3. The van der Waals surface area contributed by atoms with Gasteiger partial charge in [-0.15, -0.1) is 0 Å². The molecule has 0 radical (unpaired) electrons. The first-order chi connectivity index (χ1) is 10.9. The van der Waals surface area contributed by atoms with Crippen LogP contribution in [-0.2, 0) is 6.42 Å². The first kappa shape index (κ1) is 15.2. The fourth-order valence-electron chi connectivity index (χ4n) is 2.77. The van der Waals surface area contributed by atoms with E-state index >= 15 is 0 Å². The van der Waals surface area contributed by atoms with E-state index in [4.69, 9.17) is 0 Å². The van der Waals surface area contributed by atoms with Crippen LogP contribution in [0.2, 0.25) is 0 Å². The van der Waals surface area contributed by atoms with Gasteiger partial charge in [-0.25, -0.2) is 4.98 Å². The molecule has 22 heavy (non-hydrogen) atoms. The number of H-pyrrole nitrogens is 1. The molecule has 0 saturated carbocycles. The molecular formula is C16H23N5S. The molecule has 0 aliphatic carbocycles. The molecule has 118 valence electrons. The summed E-state index contributed by atoms with van der Waals surface area (Å²) in [5, 5.41) is 8.76. The first-order valence-electron chi connectivity index (χ1n) is 7.84. The van der Waals surface area contributed by atoms with E-state index in [1.165, 1.54) is 29.5 Å². The van der Waals surface area contributed by atoms with E-state index < -0.39 is 0 Å². The summed E-state index contributed by atoms with van der Waals surface area (Å²) in [6.07, 6.45) is 7.47. The molecule has 1 saturated heterocycles. The average molecular weight is 317 g/mol. The fourth-order valence-corrected chi connectivity index (χ4v) is 3.97. The van der Waals surface area contributed by atoms with E-state index in [9.17, 15) is 0 Å². The largest absolute Gasteiger partial charge is 0.356 e. The van der Waals surface area contributed by atoms with E-state index in [0.29, 0.717) is 0 Å². The van der Waals surface area contributed by atoms with E-state index in [1.807, 2.05) is 25.5 Å². The van der Waals surface area contributed by atoms with Gasteiger partial charge in [0.1, 0.15) is 5.65 Å². The SMILES string of the molecule is CN=C(NCCc1c[nH]c2ncccc12)NCC1CCCS1. The van der Waals surface area contributed by atoms with Crippen LogP contribution in [0.1, 0.15) is 18.4 Å². The zero-order valence-corrected chi connectivity index (χ0v) is 13.7. The van der Waals surface area contributed by atoms with Crippen LogP contribution in [-0.4, -0.2) is 47.1 Å². The lowest BCUT2D eigenvalue weighted by Crippen LogP contribution is -2.40. The molecule has 1 aliphatic rings. The Bertz CT molecular complexity index is 630. The highest BCUT2D eigenvalue weighted by atomic mass is 32.2. The van der Waals surface area contributed by atoms with Crippen molar-refractivity contribution in [3.05, 3.63) is 30.1 Å². The second-order valence-corrected chi connectivity index (χ2v) is 6.89. The Morgan fingerprint density at radius 3 is 3.27 bits per heavy atom. The van der Waals surface area contributed by atoms with Crippen LogP contribution in [0.15, 0.2) is 29.5 Å². The zero-order valence-electron chi connectivity index (χ0n) is 12.9. The third kappa shape index (κ3) is 3.74. The molecule has 0 aromatic carbocycles. The number of fused-ring (bicyclic) bond motifs is 1. The maximum Gasteiger partial charge on any atom is 0.191 e. The van der Waals surface area contributed by atoms with Crippen molar-refractivity contribution >= 4 is 28.8 Å². The predicted molar refractivity (Wildman–Crippen MR) is 94.6 cm³/mol. The van der Waals surface area contributed by atoms with E-state index in [2.05, 4.69) is 43.4 Å². The van der Waals surface area contributed by atoms with Crippen molar-refractivity contribution in [1.29, 1.82) is 0 Å². The molecule has 1 atom stereocenters. The molecule has 0 amide bonds. The van der Waals surface area contributed by atoms with Gasteiger partial charge in [0.25, 0.3) is 0 Å². The molecule has 0 bridgehead atoms. The number of hydrogen-bond donors (Lipinski definition) is 3. The van der Waals surface area contributed by atoms with Gasteiger partial charge in [0.05, 0.1) is 0 Å². The summed E-state index contributed by atoms with van der Waals surface area (Å²) in [5.41, 5.74) is 2.25. The summed E-state index contributed by atoms with van der Waals surface area (Å²) in [7, 11) is 1.83. The average Bonchev–Trinajstić information content (AvgIpc) is 3.20. The maximum atomic E-state index is 4.32. The van der Waals surface area contributed by atoms with Crippen molar-refractivity contribution < 1.29 is 0 Å². The number of aliphatic imine (C=N–C) groups is 1. The Kier molecular flexibility index (Phi) is 5.21. The zero-order chi connectivity index (χ0) is 15.2. The number of aromatic nitrogens is 2. The normalized spacial score (nSPS) is 18.8. The Balaban J connectivity index is 1.46. The topological polar surface area (TPSA) is 65.1 Å². The summed E-state index contributed by atoms with van der Waals surface area (Å²) >= 11 is 2.06. The van der Waals surface area contributed by atoms with Crippen LogP contribution in [0.25, 0.3) is 11.0 Å². The number of guanidine groups is 1. The summed E-state index contributed by atoms with van der Waals surface area (Å²) in [4.78, 5) is 11.8. The van der Waals surface area contributed by atoms with Gasteiger partial charge in [0, 0.05) is 43.2 Å². The number of pyridine rings is 1. The minimum absolute atomic E-state index is 0.734. The van der Waals surface area contributed by atoms with Gasteiger partial charge in [-0.2, -0.15) is 11.8 Å². The highest BCUT2D eigenvalue weighted by Crippen LogP contribution is 2.25. The lowest BCUT2D eigenvalue weighted by molar-refractivity contribution is 0.724. The van der Waals surface area contributed by atoms with Crippen LogP contribution in [0.5, 0.6) is 0 Å². The number of hydrogen-bond acceptors (Lipinski definition) is 3. The third-order valence-electron chi connectivity index (χ3n) is 3.97. The predicted octanol–water partition coefficient (Wildman–Crippen LogP) is 2.17. The second kappa shape index (κ2) is 7.54. The molecule has 5 nitrogen and oxygen atoms in total. The lowest BCUT2D eigenvalue weighted by Gasteiger charge is -2.14. The van der Waals surface area contributed by atoms with Gasteiger partial charge in [-0.3, -0.25) is 4.99 Å². The van der Waals surface area contributed by atoms with Gasteiger partial charge >= 0.3 is 0 Å². The van der Waals surface area contributed by atoms with Gasteiger partial charge in [0.2, 0.25) is 0 Å². The molecule has 3 heterocycles. The minimum atomic E-state index is 0.734. The van der Waals surface area contributed by atoms with Gasteiger partial charge < -0.3 is 15.6 Å². The Hall–Kier alpha value is -1.69. The van der Waals surface area contributed by atoms with E-state index in [0.717, 1.165) is 36.4 Å². The number of nitrogens with zero attached hydrogens (tertiary/aromatic N) is 2. The van der Waals surface area contributed by atoms with E-state index in [1.54, 1.807) is 0 Å². The molecule has 0 spiro atoms. The van der Waals surface area contributed by atoms with Crippen LogP contribution in [0.4, 0.5) is 0 Å². The molecule has 6 heteroatoms. The van der Waals surface area contributed by atoms with Crippen molar-refractivity contribution in [2.75, 3.05) is 25.9 Å². The highest BCUT2D eigenvalue weighted by Gasteiger charge is 2.15. The highest BCUT2D eigenvalue weighted by molar-refractivity contribution is 8.00. The van der Waals surface area contributed by atoms with E-state index in [-0.39, 0.29) is 0 Å². The number of aromatic amines is 1. The lowest BCUT2D eigenvalue weighted by atomic mass is 10.1. The quantitative estimate of drug-likeness (QED) is 0.584. The summed E-state index contributed by atoms with van der Waals surface area (Å²) in [5.74, 6) is 2.19. The molecule has 3 rings (SSSR count). The smallest absolute Gasteiger partial charge is 0.191 e. The summed E-state index contributed by atoms with van der Waals surface area (Å²) in [6.45, 7) is 1.86. The monoisotopic (exact) mass is 317 g/mol. The number of rotatable bonds is 5. The summed E-state index contributed by atoms with van der Waals surface area (Å²) < 4.78 is 0. The van der Waals surface area contributed by atoms with Crippen LogP contribution < -0.4 is 10.6 Å². The maximum absolute atomic E-state index is 4.32. The summed E-state index contributed by atoms with van der Waals surface area (Å²) in [6, 6.07) is 4.09. The van der Waals surface area contributed by atoms with Gasteiger partial charge in [-0.1, -0.05) is 0 Å². The molecule has 2 aromatic rings. The van der Waals surface area contributed by atoms with Crippen molar-refractivity contribution in [1.82, 2.24) is 20.6 Å². The Morgan fingerprint density at radius 1 is 1.50 bits per heavy atom. The molecule has 2 aromatic heterocycles. The fraction of sp³-hybridized carbons (Fsp3) is 0.500. The van der Waals surface area contributed by atoms with Crippen LogP contribution >= 0.6 is 11.8 Å². The van der Waals surface area contributed by atoms with Crippen molar-refractivity contribution in [2.45, 2.75) is 24.5 Å².